The number of ether oxygens (including phenoxy) is 2. The summed E-state index contributed by atoms with van der Waals surface area (Å²) in [6, 6.07) is 12.8. The predicted octanol–water partition coefficient (Wildman–Crippen LogP) is 4.28. The van der Waals surface area contributed by atoms with Crippen LogP contribution in [0.25, 0.3) is 0 Å². The van der Waals surface area contributed by atoms with Crippen molar-refractivity contribution in [2.45, 2.75) is 13.5 Å². The number of rotatable bonds is 5. The van der Waals surface area contributed by atoms with Gasteiger partial charge in [0.25, 0.3) is 0 Å². The molecule has 2 aromatic rings. The van der Waals surface area contributed by atoms with Crippen LogP contribution >= 0.6 is 0 Å². The molecule has 0 spiro atoms. The molecular formula is C15H13F2NO3. The zero-order valence-electron chi connectivity index (χ0n) is 11.2. The summed E-state index contributed by atoms with van der Waals surface area (Å²) in [5.74, 6) is 1.14. The lowest BCUT2D eigenvalue weighted by Crippen LogP contribution is -2.01. The summed E-state index contributed by atoms with van der Waals surface area (Å²) in [4.78, 5) is 0. The molecular weight excluding hydrogens is 280 g/mol. The normalized spacial score (nSPS) is 11.5. The van der Waals surface area contributed by atoms with Crippen LogP contribution in [0.15, 0.2) is 53.7 Å². The van der Waals surface area contributed by atoms with E-state index in [0.717, 1.165) is 5.56 Å². The third-order valence-electron chi connectivity index (χ3n) is 2.71. The van der Waals surface area contributed by atoms with Gasteiger partial charge in [-0.2, -0.15) is 8.78 Å². The number of hydrogen-bond acceptors (Lipinski definition) is 4. The Hall–Kier alpha value is -2.63. The topological polar surface area (TPSA) is 51.1 Å². The SMILES string of the molecule is CC(=NO)c1ccc(Oc2ccc(OC(F)F)cc2)cc1. The average molecular weight is 293 g/mol. The van der Waals surface area contributed by atoms with Crippen LogP contribution in [-0.2, 0) is 0 Å². The van der Waals surface area contributed by atoms with Crippen LogP contribution in [0.1, 0.15) is 12.5 Å². The Labute approximate surface area is 120 Å². The first-order valence-electron chi connectivity index (χ1n) is 6.10. The van der Waals surface area contributed by atoms with Crippen molar-refractivity contribution < 1.29 is 23.5 Å². The van der Waals surface area contributed by atoms with Gasteiger partial charge in [-0.1, -0.05) is 5.16 Å². The van der Waals surface area contributed by atoms with Crippen molar-refractivity contribution in [3.05, 3.63) is 54.1 Å². The number of halogens is 2. The zero-order chi connectivity index (χ0) is 15.2. The Balaban J connectivity index is 2.04. The molecule has 110 valence electrons. The molecule has 0 atom stereocenters. The van der Waals surface area contributed by atoms with Crippen LogP contribution in [0.5, 0.6) is 17.2 Å². The maximum absolute atomic E-state index is 12.0. The van der Waals surface area contributed by atoms with Gasteiger partial charge in [-0.25, -0.2) is 0 Å². The van der Waals surface area contributed by atoms with Crippen molar-refractivity contribution in [1.29, 1.82) is 0 Å². The predicted molar refractivity (Wildman–Crippen MR) is 73.6 cm³/mol. The molecule has 0 aliphatic rings. The molecule has 2 aromatic carbocycles. The first-order chi connectivity index (χ1) is 10.1. The van der Waals surface area contributed by atoms with Gasteiger partial charge in [-0.3, -0.25) is 0 Å². The van der Waals surface area contributed by atoms with Gasteiger partial charge in [0.2, 0.25) is 0 Å². The van der Waals surface area contributed by atoms with Gasteiger partial charge >= 0.3 is 6.61 Å². The molecule has 0 aliphatic carbocycles. The largest absolute Gasteiger partial charge is 0.457 e. The summed E-state index contributed by atoms with van der Waals surface area (Å²) in [5.41, 5.74) is 1.26. The first kappa shape index (κ1) is 14.8. The zero-order valence-corrected chi connectivity index (χ0v) is 11.2. The maximum atomic E-state index is 12.0. The van der Waals surface area contributed by atoms with Gasteiger partial charge in [-0.15, -0.1) is 0 Å². The lowest BCUT2D eigenvalue weighted by Gasteiger charge is -2.08. The van der Waals surface area contributed by atoms with Gasteiger partial charge in [0, 0.05) is 0 Å². The molecule has 0 unspecified atom stereocenters. The van der Waals surface area contributed by atoms with Crippen LogP contribution in [-0.4, -0.2) is 17.5 Å². The Morgan fingerprint density at radius 3 is 1.90 bits per heavy atom. The average Bonchev–Trinajstić information content (AvgIpc) is 2.49. The van der Waals surface area contributed by atoms with E-state index in [9.17, 15) is 8.78 Å². The highest BCUT2D eigenvalue weighted by Gasteiger charge is 2.05. The summed E-state index contributed by atoms with van der Waals surface area (Å²) in [7, 11) is 0. The molecule has 0 amide bonds. The van der Waals surface area contributed by atoms with Gasteiger partial charge in [0.1, 0.15) is 17.2 Å². The highest BCUT2D eigenvalue weighted by molar-refractivity contribution is 5.98. The van der Waals surface area contributed by atoms with Crippen molar-refractivity contribution in [3.63, 3.8) is 0 Å². The smallest absolute Gasteiger partial charge is 0.387 e. The van der Waals surface area contributed by atoms with Crippen LogP contribution in [0, 0.1) is 0 Å². The van der Waals surface area contributed by atoms with Gasteiger partial charge in [0.15, 0.2) is 0 Å². The molecule has 6 heteroatoms. The van der Waals surface area contributed by atoms with E-state index in [1.165, 1.54) is 24.3 Å². The first-order valence-corrected chi connectivity index (χ1v) is 6.10. The fourth-order valence-electron chi connectivity index (χ4n) is 1.65. The highest BCUT2D eigenvalue weighted by atomic mass is 19.3. The number of benzene rings is 2. The molecule has 0 radical (unpaired) electrons. The summed E-state index contributed by atoms with van der Waals surface area (Å²) in [5, 5.41) is 11.8. The minimum absolute atomic E-state index is 0.0717. The van der Waals surface area contributed by atoms with E-state index in [0.29, 0.717) is 17.2 Å². The van der Waals surface area contributed by atoms with E-state index in [1.54, 1.807) is 31.2 Å². The van der Waals surface area contributed by atoms with Crippen LogP contribution < -0.4 is 9.47 Å². The fraction of sp³-hybridized carbons (Fsp3) is 0.133. The van der Waals surface area contributed by atoms with Crippen molar-refractivity contribution in [2.24, 2.45) is 5.16 Å². The van der Waals surface area contributed by atoms with E-state index < -0.39 is 6.61 Å². The number of alkyl halides is 2. The molecule has 0 heterocycles. The van der Waals surface area contributed by atoms with Crippen molar-refractivity contribution in [1.82, 2.24) is 0 Å². The molecule has 0 bridgehead atoms. The van der Waals surface area contributed by atoms with E-state index in [1.807, 2.05) is 0 Å². The summed E-state index contributed by atoms with van der Waals surface area (Å²) < 4.78 is 33.8. The number of nitrogens with zero attached hydrogens (tertiary/aromatic N) is 1. The second kappa shape index (κ2) is 6.69. The monoisotopic (exact) mass is 293 g/mol. The minimum Gasteiger partial charge on any atom is -0.457 e. The molecule has 0 fully saturated rings. The quantitative estimate of drug-likeness (QED) is 0.508. The van der Waals surface area contributed by atoms with Crippen molar-refractivity contribution in [3.8, 4) is 17.2 Å². The highest BCUT2D eigenvalue weighted by Crippen LogP contribution is 2.24. The number of oxime groups is 1. The van der Waals surface area contributed by atoms with Crippen LogP contribution in [0.4, 0.5) is 8.78 Å². The molecule has 0 aliphatic heterocycles. The summed E-state index contributed by atoms with van der Waals surface area (Å²) in [6.07, 6.45) is 0. The summed E-state index contributed by atoms with van der Waals surface area (Å²) >= 11 is 0. The van der Waals surface area contributed by atoms with E-state index >= 15 is 0 Å². The standard InChI is InChI=1S/C15H13F2NO3/c1-10(18-19)11-2-4-12(5-3-11)20-13-6-8-14(9-7-13)21-15(16)17/h2-9,15,19H,1H3. The Bertz CT molecular complexity index is 610. The molecule has 4 nitrogen and oxygen atoms in total. The third kappa shape index (κ3) is 4.17. The molecule has 1 N–H and O–H groups in total. The Kier molecular flexibility index (Phi) is 4.71. The molecule has 0 saturated heterocycles. The van der Waals surface area contributed by atoms with Crippen LogP contribution in [0.2, 0.25) is 0 Å². The van der Waals surface area contributed by atoms with Gasteiger partial charge in [-0.05, 0) is 61.0 Å². The fourth-order valence-corrected chi connectivity index (χ4v) is 1.65. The summed E-state index contributed by atoms with van der Waals surface area (Å²) in [6.45, 7) is -1.17. The minimum atomic E-state index is -2.85. The van der Waals surface area contributed by atoms with Gasteiger partial charge in [0.05, 0.1) is 5.71 Å². The molecule has 21 heavy (non-hydrogen) atoms. The van der Waals surface area contributed by atoms with Gasteiger partial charge < -0.3 is 14.7 Å². The molecule has 0 aromatic heterocycles. The van der Waals surface area contributed by atoms with E-state index in [2.05, 4.69) is 9.89 Å². The lowest BCUT2D eigenvalue weighted by molar-refractivity contribution is -0.0498. The third-order valence-corrected chi connectivity index (χ3v) is 2.71. The second-order valence-corrected chi connectivity index (χ2v) is 4.16. The Morgan fingerprint density at radius 1 is 0.952 bits per heavy atom. The number of hydrogen-bond donors (Lipinski definition) is 1. The lowest BCUT2D eigenvalue weighted by atomic mass is 10.1. The maximum Gasteiger partial charge on any atom is 0.387 e. The van der Waals surface area contributed by atoms with E-state index in [4.69, 9.17) is 9.94 Å². The van der Waals surface area contributed by atoms with Crippen molar-refractivity contribution >= 4 is 5.71 Å². The molecule has 2 rings (SSSR count). The van der Waals surface area contributed by atoms with E-state index in [-0.39, 0.29) is 5.75 Å². The molecule has 0 saturated carbocycles. The second-order valence-electron chi connectivity index (χ2n) is 4.16. The van der Waals surface area contributed by atoms with Crippen LogP contribution in [0.3, 0.4) is 0 Å². The Morgan fingerprint density at radius 2 is 1.43 bits per heavy atom. The van der Waals surface area contributed by atoms with Crippen molar-refractivity contribution in [2.75, 3.05) is 0 Å².